The molecule has 0 atom stereocenters. The van der Waals surface area contributed by atoms with Gasteiger partial charge in [-0.05, 0) is 17.5 Å². The van der Waals surface area contributed by atoms with Gasteiger partial charge in [0.05, 0.1) is 0 Å². The molecule has 0 saturated heterocycles. The van der Waals surface area contributed by atoms with E-state index in [1.807, 2.05) is 24.3 Å². The molecule has 2 nitrogen and oxygen atoms in total. The van der Waals surface area contributed by atoms with Crippen LogP contribution in [0.1, 0.15) is 0 Å². The van der Waals surface area contributed by atoms with Crippen LogP contribution in [0.4, 0.5) is 0 Å². The number of hydrogen-bond acceptors (Lipinski definition) is 1. The number of para-hydroxylation sites is 1. The lowest BCUT2D eigenvalue weighted by molar-refractivity contribution is 0.351. The van der Waals surface area contributed by atoms with E-state index in [1.165, 1.54) is 10.9 Å². The van der Waals surface area contributed by atoms with Crippen molar-refractivity contribution in [3.63, 3.8) is 0 Å². The quantitative estimate of drug-likeness (QED) is 0.585. The van der Waals surface area contributed by atoms with Gasteiger partial charge in [-0.3, -0.25) is 0 Å². The van der Waals surface area contributed by atoms with E-state index in [2.05, 4.69) is 29.6 Å². The highest BCUT2D eigenvalue weighted by atomic mass is 16.2. The minimum absolute atomic E-state index is 0.153. The van der Waals surface area contributed by atoms with E-state index in [4.69, 9.17) is 5.11 Å². The van der Waals surface area contributed by atoms with Crippen LogP contribution in [0.25, 0.3) is 10.9 Å². The van der Waals surface area contributed by atoms with E-state index in [-0.39, 0.29) is 6.61 Å². The van der Waals surface area contributed by atoms with Crippen LogP contribution in [0.3, 0.4) is 0 Å². The second-order valence-corrected chi connectivity index (χ2v) is 2.43. The van der Waals surface area contributed by atoms with Gasteiger partial charge in [-0.1, -0.05) is 24.1 Å². The lowest BCUT2D eigenvalue weighted by atomic mass is 10.3. The standard InChI is InChI=1S/C8H7N.C3H4O/c1-2-4-8-7(3-1)5-6-9-8;1-2-3-4/h1-6,9H;1,4H,3H2. The molecular formula is C11H11NO. The van der Waals surface area contributed by atoms with Crippen LogP contribution in [0.15, 0.2) is 36.5 Å². The van der Waals surface area contributed by atoms with Crippen molar-refractivity contribution in [2.45, 2.75) is 0 Å². The zero-order chi connectivity index (χ0) is 9.52. The van der Waals surface area contributed by atoms with E-state index in [0.29, 0.717) is 0 Å². The van der Waals surface area contributed by atoms with Crippen molar-refractivity contribution in [3.05, 3.63) is 36.5 Å². The van der Waals surface area contributed by atoms with Crippen molar-refractivity contribution >= 4 is 10.9 Å². The summed E-state index contributed by atoms with van der Waals surface area (Å²) in [5, 5.41) is 8.91. The molecule has 0 aliphatic heterocycles. The Labute approximate surface area is 77.2 Å². The fourth-order valence-electron chi connectivity index (χ4n) is 0.995. The SMILES string of the molecule is C#CCO.c1ccc2[nH]ccc2c1. The van der Waals surface area contributed by atoms with E-state index < -0.39 is 0 Å². The smallest absolute Gasteiger partial charge is 0.103 e. The van der Waals surface area contributed by atoms with Crippen molar-refractivity contribution in [1.29, 1.82) is 0 Å². The summed E-state index contributed by atoms with van der Waals surface area (Å²) in [6.45, 7) is -0.153. The van der Waals surface area contributed by atoms with Crippen molar-refractivity contribution in [1.82, 2.24) is 4.98 Å². The Morgan fingerprint density at radius 1 is 1.31 bits per heavy atom. The molecule has 0 amide bonds. The molecule has 13 heavy (non-hydrogen) atoms. The van der Waals surface area contributed by atoms with Gasteiger partial charge in [0.15, 0.2) is 0 Å². The summed E-state index contributed by atoms with van der Waals surface area (Å²) >= 11 is 0. The molecule has 2 N–H and O–H groups in total. The van der Waals surface area contributed by atoms with Crippen molar-refractivity contribution in [2.75, 3.05) is 6.61 Å². The first kappa shape index (κ1) is 9.37. The highest BCUT2D eigenvalue weighted by molar-refractivity contribution is 5.78. The zero-order valence-electron chi connectivity index (χ0n) is 7.20. The van der Waals surface area contributed by atoms with Crippen LogP contribution in [0.5, 0.6) is 0 Å². The topological polar surface area (TPSA) is 36.0 Å². The van der Waals surface area contributed by atoms with Crippen LogP contribution >= 0.6 is 0 Å². The fraction of sp³-hybridized carbons (Fsp3) is 0.0909. The molecule has 1 aromatic carbocycles. The minimum atomic E-state index is -0.153. The Morgan fingerprint density at radius 3 is 2.62 bits per heavy atom. The number of rotatable bonds is 0. The lowest BCUT2D eigenvalue weighted by Gasteiger charge is -1.83. The van der Waals surface area contributed by atoms with Crippen LogP contribution in [-0.2, 0) is 0 Å². The van der Waals surface area contributed by atoms with Crippen molar-refractivity contribution in [3.8, 4) is 12.3 Å². The number of aliphatic hydroxyl groups excluding tert-OH is 1. The molecule has 0 bridgehead atoms. The fourth-order valence-corrected chi connectivity index (χ4v) is 0.995. The normalized spacial score (nSPS) is 8.62. The Bertz CT molecular complexity index is 367. The summed E-state index contributed by atoms with van der Waals surface area (Å²) in [7, 11) is 0. The Morgan fingerprint density at radius 2 is 2.00 bits per heavy atom. The second-order valence-electron chi connectivity index (χ2n) is 2.43. The lowest BCUT2D eigenvalue weighted by Crippen LogP contribution is -1.64. The number of benzene rings is 1. The molecule has 66 valence electrons. The second kappa shape index (κ2) is 5.02. The molecule has 0 fully saturated rings. The molecule has 2 rings (SSSR count). The summed E-state index contributed by atoms with van der Waals surface area (Å²) in [4.78, 5) is 3.12. The number of terminal acetylenes is 1. The number of hydrogen-bond donors (Lipinski definition) is 2. The number of H-pyrrole nitrogens is 1. The summed E-state index contributed by atoms with van der Waals surface area (Å²) < 4.78 is 0. The maximum atomic E-state index is 7.64. The number of nitrogens with one attached hydrogen (secondary N) is 1. The highest BCUT2D eigenvalue weighted by Gasteiger charge is 1.86. The zero-order valence-corrected chi connectivity index (χ0v) is 7.20. The summed E-state index contributed by atoms with van der Waals surface area (Å²) in [6.07, 6.45) is 6.48. The average molecular weight is 173 g/mol. The van der Waals surface area contributed by atoms with E-state index in [0.717, 1.165) is 0 Å². The summed E-state index contributed by atoms with van der Waals surface area (Å²) in [5.74, 6) is 1.99. The number of aliphatic hydroxyl groups is 1. The molecule has 0 unspecified atom stereocenters. The van der Waals surface area contributed by atoms with Crippen LogP contribution < -0.4 is 0 Å². The molecule has 0 radical (unpaired) electrons. The maximum Gasteiger partial charge on any atom is 0.103 e. The molecule has 1 heterocycles. The van der Waals surface area contributed by atoms with Gasteiger partial charge < -0.3 is 10.1 Å². The molecule has 1 aromatic heterocycles. The summed E-state index contributed by atoms with van der Waals surface area (Å²) in [6, 6.07) is 10.3. The Balaban J connectivity index is 0.000000184. The molecular weight excluding hydrogens is 162 g/mol. The van der Waals surface area contributed by atoms with Gasteiger partial charge in [0.1, 0.15) is 6.61 Å². The summed E-state index contributed by atoms with van der Waals surface area (Å²) in [5.41, 5.74) is 1.21. The molecule has 0 aliphatic carbocycles. The van der Waals surface area contributed by atoms with Crippen LogP contribution in [-0.4, -0.2) is 16.7 Å². The predicted molar refractivity (Wildman–Crippen MR) is 54.2 cm³/mol. The van der Waals surface area contributed by atoms with Gasteiger partial charge >= 0.3 is 0 Å². The molecule has 2 heteroatoms. The van der Waals surface area contributed by atoms with Gasteiger partial charge in [-0.25, -0.2) is 0 Å². The first-order valence-corrected chi connectivity index (χ1v) is 3.95. The molecule has 2 aromatic rings. The largest absolute Gasteiger partial charge is 0.384 e. The van der Waals surface area contributed by atoms with Gasteiger partial charge in [0.2, 0.25) is 0 Å². The van der Waals surface area contributed by atoms with Crippen LogP contribution in [0.2, 0.25) is 0 Å². The third-order valence-electron chi connectivity index (χ3n) is 1.55. The number of fused-ring (bicyclic) bond motifs is 1. The van der Waals surface area contributed by atoms with E-state index in [9.17, 15) is 0 Å². The molecule has 0 aliphatic rings. The van der Waals surface area contributed by atoms with Gasteiger partial charge in [0, 0.05) is 11.7 Å². The first-order chi connectivity index (χ1) is 6.38. The molecule has 0 spiro atoms. The monoisotopic (exact) mass is 173 g/mol. The third kappa shape index (κ3) is 2.66. The van der Waals surface area contributed by atoms with Gasteiger partial charge in [0.25, 0.3) is 0 Å². The van der Waals surface area contributed by atoms with E-state index in [1.54, 1.807) is 0 Å². The number of aromatic nitrogens is 1. The third-order valence-corrected chi connectivity index (χ3v) is 1.55. The first-order valence-electron chi connectivity index (χ1n) is 3.95. The Kier molecular flexibility index (Phi) is 3.62. The van der Waals surface area contributed by atoms with Gasteiger partial charge in [-0.2, -0.15) is 0 Å². The van der Waals surface area contributed by atoms with Crippen molar-refractivity contribution in [2.24, 2.45) is 0 Å². The van der Waals surface area contributed by atoms with Gasteiger partial charge in [-0.15, -0.1) is 6.42 Å². The maximum absolute atomic E-state index is 7.64. The van der Waals surface area contributed by atoms with E-state index >= 15 is 0 Å². The average Bonchev–Trinajstić information content (AvgIpc) is 2.66. The number of aromatic amines is 1. The minimum Gasteiger partial charge on any atom is -0.384 e. The predicted octanol–water partition coefficient (Wildman–Crippen LogP) is 1.78. The molecule has 0 saturated carbocycles. The Hall–Kier alpha value is -1.72. The highest BCUT2D eigenvalue weighted by Crippen LogP contribution is 2.09. The van der Waals surface area contributed by atoms with Crippen LogP contribution in [0, 0.1) is 12.3 Å². The van der Waals surface area contributed by atoms with Crippen molar-refractivity contribution < 1.29 is 5.11 Å².